The molecule has 7 fully saturated rings. The Kier molecular flexibility index (Phi) is 14.9. The molecule has 3 saturated heterocycles. The number of aromatic nitrogens is 4. The summed E-state index contributed by atoms with van der Waals surface area (Å²) >= 11 is 0. The number of fused-ring (bicyclic) bond motifs is 7. The summed E-state index contributed by atoms with van der Waals surface area (Å²) in [6, 6.07) is 3.76. The number of aliphatic hydroxyl groups excluding tert-OH is 8. The highest BCUT2D eigenvalue weighted by Gasteiger charge is 2.70. The number of allylic oxidation sites excluding steroid dienone is 2. The Bertz CT molecular complexity index is 2390. The standard InChI is InChI=1S/C55H83N5O15/c1-28-38(62)41(65)43(67)46(71-28)75-45-40(64)34(73-47-44(68)42(66)39(63)33(26-61)72-47)27-70-48(45)74-37-14-15-52(6)35(51(37,4)5)13-16-54(8)36(52)12-11-31-32-22-50(2,3)17-19-55(32,20-18-53(31,54)7)49(69)57-23-29-25-60(59-58-29)30-10-9-21-56-24-30/h9-11,21,24-25,28,32-48,61-68H,12-20,22-23,26-27H2,1-8H3,(H,57,69)/t28-,32-,33+,34-,35-,36+,37-,38-,39+,40-,41+,42-,43+,44+,45+,46-,47-,48-,52-,53+,54+,55-/m0/s1. The Labute approximate surface area is 439 Å². The quantitative estimate of drug-likeness (QED) is 0.115. The molecule has 0 bridgehead atoms. The van der Waals surface area contributed by atoms with Gasteiger partial charge in [0.2, 0.25) is 5.91 Å². The van der Waals surface area contributed by atoms with E-state index >= 15 is 0 Å². The number of carbonyl (C=O) groups excluding carboxylic acids is 1. The number of hydrogen-bond donors (Lipinski definition) is 9. The summed E-state index contributed by atoms with van der Waals surface area (Å²) in [6.07, 6.45) is -4.42. The molecule has 0 unspecified atom stereocenters. The van der Waals surface area contributed by atoms with E-state index in [1.54, 1.807) is 17.1 Å². The smallest absolute Gasteiger partial charge is 0.227 e. The molecule has 22 atom stereocenters. The lowest BCUT2D eigenvalue weighted by atomic mass is 9.33. The zero-order chi connectivity index (χ0) is 53.8. The first-order chi connectivity index (χ1) is 35.4. The third-order valence-corrected chi connectivity index (χ3v) is 20.9. The van der Waals surface area contributed by atoms with Crippen LogP contribution in [-0.4, -0.2) is 172 Å². The van der Waals surface area contributed by atoms with Crippen molar-refractivity contribution in [1.82, 2.24) is 25.3 Å². The van der Waals surface area contributed by atoms with Crippen LogP contribution in [-0.2, 0) is 39.8 Å². The predicted molar refractivity (Wildman–Crippen MR) is 267 cm³/mol. The Balaban J connectivity index is 0.874. The second-order valence-corrected chi connectivity index (χ2v) is 25.8. The van der Waals surface area contributed by atoms with E-state index in [1.807, 2.05) is 18.3 Å². The molecule has 20 heteroatoms. The molecule has 0 radical (unpaired) electrons. The van der Waals surface area contributed by atoms with Crippen LogP contribution in [0.15, 0.2) is 42.4 Å². The van der Waals surface area contributed by atoms with Crippen LogP contribution in [0.2, 0.25) is 0 Å². The van der Waals surface area contributed by atoms with E-state index in [-0.39, 0.29) is 46.0 Å². The minimum absolute atomic E-state index is 0.0528. The van der Waals surface area contributed by atoms with Gasteiger partial charge in [-0.25, -0.2) is 4.68 Å². The Morgan fingerprint density at radius 2 is 1.52 bits per heavy atom. The molecule has 20 nitrogen and oxygen atoms in total. The van der Waals surface area contributed by atoms with Crippen molar-refractivity contribution in [2.24, 2.45) is 50.2 Å². The zero-order valence-electron chi connectivity index (χ0n) is 44.8. The minimum Gasteiger partial charge on any atom is -0.394 e. The fourth-order valence-electron chi connectivity index (χ4n) is 16.1. The molecule has 0 aromatic carbocycles. The number of nitrogens with one attached hydrogen (secondary N) is 1. The summed E-state index contributed by atoms with van der Waals surface area (Å²) in [6.45, 7) is 17.6. The van der Waals surface area contributed by atoms with Crippen LogP contribution < -0.4 is 5.32 Å². The topological polar surface area (TPSA) is 290 Å². The number of nitrogens with zero attached hydrogens (tertiary/aromatic N) is 4. The van der Waals surface area contributed by atoms with Gasteiger partial charge in [0.1, 0.15) is 66.7 Å². The molecule has 5 aliphatic carbocycles. The molecule has 9 N–H and O–H groups in total. The number of hydrogen-bond acceptors (Lipinski definition) is 18. The van der Waals surface area contributed by atoms with Gasteiger partial charge in [0.25, 0.3) is 0 Å². The molecule has 10 rings (SSSR count). The van der Waals surface area contributed by atoms with E-state index in [1.165, 1.54) is 12.5 Å². The number of amides is 1. The maximum atomic E-state index is 14.9. The fraction of sp³-hybridized carbons (Fsp3) is 0.818. The van der Waals surface area contributed by atoms with Crippen molar-refractivity contribution in [2.75, 3.05) is 13.2 Å². The van der Waals surface area contributed by atoms with E-state index in [9.17, 15) is 45.6 Å². The van der Waals surface area contributed by atoms with Crippen molar-refractivity contribution in [3.8, 4) is 5.69 Å². The van der Waals surface area contributed by atoms with Crippen LogP contribution in [0.4, 0.5) is 0 Å². The van der Waals surface area contributed by atoms with Gasteiger partial charge in [-0.1, -0.05) is 65.3 Å². The second-order valence-electron chi connectivity index (χ2n) is 25.8. The number of pyridine rings is 1. The van der Waals surface area contributed by atoms with E-state index in [0.29, 0.717) is 24.6 Å². The molecule has 5 heterocycles. The molecule has 75 heavy (non-hydrogen) atoms. The van der Waals surface area contributed by atoms with Gasteiger partial charge >= 0.3 is 0 Å². The van der Waals surface area contributed by atoms with Gasteiger partial charge in [0, 0.05) is 6.20 Å². The van der Waals surface area contributed by atoms with Crippen LogP contribution in [0.25, 0.3) is 5.69 Å². The predicted octanol–water partition coefficient (Wildman–Crippen LogP) is 2.58. The van der Waals surface area contributed by atoms with Gasteiger partial charge in [-0.05, 0) is 128 Å². The second kappa shape index (κ2) is 20.2. The van der Waals surface area contributed by atoms with E-state index in [4.69, 9.17) is 28.4 Å². The lowest BCUT2D eigenvalue weighted by Gasteiger charge is -2.71. The van der Waals surface area contributed by atoms with Crippen LogP contribution in [0.3, 0.4) is 0 Å². The maximum absolute atomic E-state index is 14.9. The van der Waals surface area contributed by atoms with E-state index < -0.39 is 110 Å². The number of aliphatic hydroxyl groups is 8. The molecular formula is C55H83N5O15. The molecule has 0 spiro atoms. The number of carbonyl (C=O) groups is 1. The summed E-state index contributed by atoms with van der Waals surface area (Å²) in [4.78, 5) is 19.1. The zero-order valence-corrected chi connectivity index (χ0v) is 44.8. The van der Waals surface area contributed by atoms with Gasteiger partial charge in [-0.3, -0.25) is 9.78 Å². The minimum atomic E-state index is -1.75. The molecule has 3 aliphatic heterocycles. The first-order valence-electron chi connectivity index (χ1n) is 27.5. The summed E-state index contributed by atoms with van der Waals surface area (Å²) < 4.78 is 38.7. The maximum Gasteiger partial charge on any atom is 0.227 e. The molecule has 8 aliphatic rings. The Morgan fingerprint density at radius 3 is 2.24 bits per heavy atom. The molecule has 4 saturated carbocycles. The van der Waals surface area contributed by atoms with Crippen LogP contribution in [0.5, 0.6) is 0 Å². The summed E-state index contributed by atoms with van der Waals surface area (Å²) in [5.74, 6) is 0.776. The molecule has 1 amide bonds. The number of ether oxygens (including phenoxy) is 6. The van der Waals surface area contributed by atoms with Gasteiger partial charge in [0.15, 0.2) is 18.9 Å². The molecule has 2 aromatic heterocycles. The monoisotopic (exact) mass is 1050 g/mol. The Hall–Kier alpha value is -3.06. The van der Waals surface area contributed by atoms with Crippen molar-refractivity contribution in [1.29, 1.82) is 0 Å². The van der Waals surface area contributed by atoms with Crippen molar-refractivity contribution in [3.63, 3.8) is 0 Å². The average Bonchev–Trinajstić information content (AvgIpc) is 3.88. The van der Waals surface area contributed by atoms with Gasteiger partial charge in [0.05, 0.1) is 55.5 Å². The highest BCUT2D eigenvalue weighted by molar-refractivity contribution is 5.84. The van der Waals surface area contributed by atoms with Crippen LogP contribution in [0, 0.1) is 50.2 Å². The lowest BCUT2D eigenvalue weighted by molar-refractivity contribution is -0.380. The van der Waals surface area contributed by atoms with Crippen LogP contribution >= 0.6 is 0 Å². The van der Waals surface area contributed by atoms with Crippen molar-refractivity contribution >= 4 is 5.91 Å². The van der Waals surface area contributed by atoms with Crippen molar-refractivity contribution in [2.45, 2.75) is 218 Å². The molecule has 418 valence electrons. The summed E-state index contributed by atoms with van der Waals surface area (Å²) in [5, 5.41) is 97.9. The van der Waals surface area contributed by atoms with Gasteiger partial charge in [-0.15, -0.1) is 5.10 Å². The van der Waals surface area contributed by atoms with E-state index in [2.05, 4.69) is 75.2 Å². The largest absolute Gasteiger partial charge is 0.394 e. The van der Waals surface area contributed by atoms with Crippen LogP contribution in [0.1, 0.15) is 125 Å². The summed E-state index contributed by atoms with van der Waals surface area (Å²) in [7, 11) is 0. The first-order valence-corrected chi connectivity index (χ1v) is 27.5. The Morgan fingerprint density at radius 1 is 0.800 bits per heavy atom. The third kappa shape index (κ3) is 9.25. The normalized spacial score (nSPS) is 47.3. The summed E-state index contributed by atoms with van der Waals surface area (Å²) in [5.41, 5.74) is 1.81. The molecular weight excluding hydrogens is 971 g/mol. The number of rotatable bonds is 11. The van der Waals surface area contributed by atoms with Crippen molar-refractivity contribution in [3.05, 3.63) is 48.1 Å². The lowest BCUT2D eigenvalue weighted by Crippen LogP contribution is -2.66. The molecule has 2 aromatic rings. The highest BCUT2D eigenvalue weighted by Crippen LogP contribution is 2.76. The SMILES string of the molecule is C[C@@H]1O[C@@H](O[C@H]2[C@H](O[C@H]3CC[C@]4(C)[C@H]5CC=C6[C@@H]7CC(C)(C)CC[C@]7(C(=O)NCc7cn(-c8cccnc8)nn7)CC[C@@]6(C)[C@]5(C)CC[C@H]4C3(C)C)OC[C@H](O[C@@H]3O[C@H](CO)[C@@H](O)[C@H](O)[C@H]3O)[C@@H]2O)[C@H](O)[C@H](O)[C@H]1O. The first kappa shape index (κ1) is 55.3. The third-order valence-electron chi connectivity index (χ3n) is 20.9. The van der Waals surface area contributed by atoms with Crippen molar-refractivity contribution < 1.29 is 74.1 Å². The van der Waals surface area contributed by atoms with E-state index in [0.717, 1.165) is 63.5 Å². The van der Waals surface area contributed by atoms with Gasteiger partial charge < -0.3 is 74.6 Å². The van der Waals surface area contributed by atoms with Gasteiger partial charge in [-0.2, -0.15) is 0 Å². The highest BCUT2D eigenvalue weighted by atomic mass is 16.8. The fourth-order valence-corrected chi connectivity index (χ4v) is 16.1. The average molecular weight is 1050 g/mol.